The van der Waals surface area contributed by atoms with E-state index in [1.165, 1.54) is 17.5 Å². The summed E-state index contributed by atoms with van der Waals surface area (Å²) < 4.78 is 5.51. The SMILES string of the molecule is CCOCc1cc2cc(N=C3SCCC4Cc5ccccc5CN34)ccc2cn1. The molecule has 148 valence electrons. The van der Waals surface area contributed by atoms with E-state index in [9.17, 15) is 0 Å². The third kappa shape index (κ3) is 3.89. The Morgan fingerprint density at radius 3 is 2.93 bits per heavy atom. The zero-order valence-corrected chi connectivity index (χ0v) is 17.5. The lowest BCUT2D eigenvalue weighted by atomic mass is 9.93. The number of amidine groups is 1. The Kier molecular flexibility index (Phi) is 5.25. The van der Waals surface area contributed by atoms with E-state index in [2.05, 4.69) is 58.4 Å². The van der Waals surface area contributed by atoms with Gasteiger partial charge < -0.3 is 9.64 Å². The number of rotatable bonds is 4. The lowest BCUT2D eigenvalue weighted by Gasteiger charge is -2.41. The maximum atomic E-state index is 5.51. The Balaban J connectivity index is 1.45. The summed E-state index contributed by atoms with van der Waals surface area (Å²) in [6, 6.07) is 17.9. The van der Waals surface area contributed by atoms with Crippen LogP contribution < -0.4 is 0 Å². The van der Waals surface area contributed by atoms with Crippen LogP contribution >= 0.6 is 11.8 Å². The molecule has 3 aromatic rings. The molecule has 1 unspecified atom stereocenters. The van der Waals surface area contributed by atoms with E-state index in [0.717, 1.165) is 46.0 Å². The summed E-state index contributed by atoms with van der Waals surface area (Å²) in [5, 5.41) is 3.45. The number of pyridine rings is 1. The normalized spacial score (nSPS) is 20.0. The number of fused-ring (bicyclic) bond motifs is 3. The monoisotopic (exact) mass is 403 g/mol. The van der Waals surface area contributed by atoms with Crippen molar-refractivity contribution in [1.29, 1.82) is 0 Å². The van der Waals surface area contributed by atoms with Crippen LogP contribution in [-0.4, -0.2) is 33.5 Å². The summed E-state index contributed by atoms with van der Waals surface area (Å²) in [6.07, 6.45) is 4.27. The highest BCUT2D eigenvalue weighted by Gasteiger charge is 2.31. The Morgan fingerprint density at radius 1 is 1.14 bits per heavy atom. The van der Waals surface area contributed by atoms with Gasteiger partial charge in [0.1, 0.15) is 0 Å². The summed E-state index contributed by atoms with van der Waals surface area (Å²) >= 11 is 1.88. The van der Waals surface area contributed by atoms with Crippen molar-refractivity contribution in [1.82, 2.24) is 9.88 Å². The van der Waals surface area contributed by atoms with E-state index < -0.39 is 0 Å². The molecule has 0 saturated carbocycles. The molecule has 3 heterocycles. The number of benzene rings is 2. The van der Waals surface area contributed by atoms with Crippen LogP contribution in [0, 0.1) is 0 Å². The predicted molar refractivity (Wildman–Crippen MR) is 121 cm³/mol. The van der Waals surface area contributed by atoms with Gasteiger partial charge in [0.2, 0.25) is 0 Å². The average molecular weight is 404 g/mol. The van der Waals surface area contributed by atoms with Crippen LogP contribution in [0.5, 0.6) is 0 Å². The number of hydrogen-bond acceptors (Lipinski definition) is 4. The first-order valence-corrected chi connectivity index (χ1v) is 11.3. The molecule has 29 heavy (non-hydrogen) atoms. The third-order valence-electron chi connectivity index (χ3n) is 5.72. The highest BCUT2D eigenvalue weighted by molar-refractivity contribution is 8.13. The smallest absolute Gasteiger partial charge is 0.164 e. The molecule has 0 amide bonds. The number of thioether (sulfide) groups is 1. The Morgan fingerprint density at radius 2 is 2.03 bits per heavy atom. The fourth-order valence-electron chi connectivity index (χ4n) is 4.17. The number of hydrogen-bond donors (Lipinski definition) is 0. The van der Waals surface area contributed by atoms with Crippen molar-refractivity contribution in [3.05, 3.63) is 71.5 Å². The molecule has 1 aromatic heterocycles. The first-order chi connectivity index (χ1) is 14.3. The second kappa shape index (κ2) is 8.17. The molecule has 2 aliphatic rings. The predicted octanol–water partition coefficient (Wildman–Crippen LogP) is 5.32. The second-order valence-corrected chi connectivity index (χ2v) is 8.69. The maximum absolute atomic E-state index is 5.51. The van der Waals surface area contributed by atoms with Gasteiger partial charge in [-0.2, -0.15) is 0 Å². The molecule has 0 N–H and O–H groups in total. The van der Waals surface area contributed by atoms with Gasteiger partial charge in [-0.15, -0.1) is 0 Å². The van der Waals surface area contributed by atoms with Gasteiger partial charge in [-0.05, 0) is 54.5 Å². The van der Waals surface area contributed by atoms with Gasteiger partial charge in [0.25, 0.3) is 0 Å². The van der Waals surface area contributed by atoms with E-state index in [1.54, 1.807) is 0 Å². The molecule has 0 radical (unpaired) electrons. The van der Waals surface area contributed by atoms with Crippen molar-refractivity contribution in [2.45, 2.75) is 39.0 Å². The van der Waals surface area contributed by atoms with Gasteiger partial charge in [0.15, 0.2) is 5.17 Å². The van der Waals surface area contributed by atoms with Crippen LogP contribution in [0.1, 0.15) is 30.2 Å². The zero-order valence-electron chi connectivity index (χ0n) is 16.7. The molecule has 1 atom stereocenters. The standard InChI is InChI=1S/C24H25N3OS/c1-2-28-16-22-12-20-11-21(8-7-18(20)14-25-22)26-24-27-15-19-6-4-3-5-17(19)13-23(27)9-10-29-24/h3-8,11-12,14,23H,2,9-10,13,15-16H2,1H3. The lowest BCUT2D eigenvalue weighted by molar-refractivity contribution is 0.131. The Labute approximate surface area is 176 Å². The van der Waals surface area contributed by atoms with Crippen molar-refractivity contribution >= 4 is 33.4 Å². The van der Waals surface area contributed by atoms with Gasteiger partial charge in [0.05, 0.1) is 18.0 Å². The van der Waals surface area contributed by atoms with Crippen molar-refractivity contribution in [3.8, 4) is 0 Å². The lowest BCUT2D eigenvalue weighted by Crippen LogP contribution is -2.46. The van der Waals surface area contributed by atoms with Gasteiger partial charge in [-0.25, -0.2) is 4.99 Å². The number of nitrogens with zero attached hydrogens (tertiary/aromatic N) is 3. The minimum atomic E-state index is 0.551. The zero-order chi connectivity index (χ0) is 19.6. The minimum Gasteiger partial charge on any atom is -0.375 e. The molecule has 2 aromatic carbocycles. The molecule has 2 aliphatic heterocycles. The number of ether oxygens (including phenoxy) is 1. The van der Waals surface area contributed by atoms with Crippen LogP contribution in [-0.2, 0) is 24.3 Å². The van der Waals surface area contributed by atoms with Crippen molar-refractivity contribution < 1.29 is 4.74 Å². The summed E-state index contributed by atoms with van der Waals surface area (Å²) in [5.74, 6) is 1.14. The van der Waals surface area contributed by atoms with Gasteiger partial charge in [-0.1, -0.05) is 42.1 Å². The summed E-state index contributed by atoms with van der Waals surface area (Å²) in [5.41, 5.74) is 4.90. The molecular formula is C24H25N3OS. The van der Waals surface area contributed by atoms with E-state index in [4.69, 9.17) is 9.73 Å². The van der Waals surface area contributed by atoms with Crippen LogP contribution in [0.25, 0.3) is 10.8 Å². The van der Waals surface area contributed by atoms with Crippen molar-refractivity contribution in [2.75, 3.05) is 12.4 Å². The van der Waals surface area contributed by atoms with Crippen molar-refractivity contribution in [2.24, 2.45) is 4.99 Å². The highest BCUT2D eigenvalue weighted by Crippen LogP contribution is 2.34. The summed E-state index contributed by atoms with van der Waals surface area (Å²) in [6.45, 7) is 4.21. The number of aromatic nitrogens is 1. The fourth-order valence-corrected chi connectivity index (χ4v) is 5.30. The van der Waals surface area contributed by atoms with Gasteiger partial charge >= 0.3 is 0 Å². The molecule has 0 spiro atoms. The summed E-state index contributed by atoms with van der Waals surface area (Å²) in [4.78, 5) is 12.1. The number of aliphatic imine (C=N–C) groups is 1. The van der Waals surface area contributed by atoms with Crippen LogP contribution in [0.4, 0.5) is 5.69 Å². The molecule has 5 rings (SSSR count). The molecule has 5 heteroatoms. The quantitative estimate of drug-likeness (QED) is 0.591. The van der Waals surface area contributed by atoms with E-state index in [-0.39, 0.29) is 0 Å². The topological polar surface area (TPSA) is 37.7 Å². The highest BCUT2D eigenvalue weighted by atomic mass is 32.2. The largest absolute Gasteiger partial charge is 0.375 e. The van der Waals surface area contributed by atoms with Crippen molar-refractivity contribution in [3.63, 3.8) is 0 Å². The van der Waals surface area contributed by atoms with E-state index in [1.807, 2.05) is 24.9 Å². The third-order valence-corrected chi connectivity index (χ3v) is 6.75. The second-order valence-electron chi connectivity index (χ2n) is 7.63. The molecule has 1 fully saturated rings. The average Bonchev–Trinajstić information content (AvgIpc) is 2.76. The van der Waals surface area contributed by atoms with Gasteiger partial charge in [0, 0.05) is 36.5 Å². The van der Waals surface area contributed by atoms with Crippen LogP contribution in [0.2, 0.25) is 0 Å². The Hall–Kier alpha value is -2.37. The van der Waals surface area contributed by atoms with E-state index >= 15 is 0 Å². The summed E-state index contributed by atoms with van der Waals surface area (Å²) in [7, 11) is 0. The minimum absolute atomic E-state index is 0.551. The molecule has 4 nitrogen and oxygen atoms in total. The molecule has 0 bridgehead atoms. The molecule has 0 aliphatic carbocycles. The Bertz CT molecular complexity index is 1060. The van der Waals surface area contributed by atoms with Gasteiger partial charge in [-0.3, -0.25) is 4.98 Å². The first kappa shape index (κ1) is 18.6. The molecular weight excluding hydrogens is 378 g/mol. The van der Waals surface area contributed by atoms with Crippen LogP contribution in [0.3, 0.4) is 0 Å². The van der Waals surface area contributed by atoms with Crippen LogP contribution in [0.15, 0.2) is 59.7 Å². The fraction of sp³-hybridized carbons (Fsp3) is 0.333. The molecule has 1 saturated heterocycles. The maximum Gasteiger partial charge on any atom is 0.164 e. The van der Waals surface area contributed by atoms with E-state index in [0.29, 0.717) is 19.3 Å². The first-order valence-electron chi connectivity index (χ1n) is 10.3.